The molecule has 0 spiro atoms. The first kappa shape index (κ1) is 30.5. The maximum Gasteiger partial charge on any atom is 0.213 e. The van der Waals surface area contributed by atoms with Crippen LogP contribution in [0, 0.1) is 0 Å². The third kappa shape index (κ3) is 9.61. The number of nitrogens with zero attached hydrogens (tertiary/aromatic N) is 5. The zero-order valence-electron chi connectivity index (χ0n) is 24.6. The van der Waals surface area contributed by atoms with Gasteiger partial charge in [-0.2, -0.15) is 5.10 Å². The van der Waals surface area contributed by atoms with Crippen LogP contribution in [0.4, 0.5) is 0 Å². The molecule has 0 bridgehead atoms. The lowest BCUT2D eigenvalue weighted by Crippen LogP contribution is -2.13. The van der Waals surface area contributed by atoms with E-state index in [1.54, 1.807) is 26.6 Å². The van der Waals surface area contributed by atoms with Crippen molar-refractivity contribution in [3.05, 3.63) is 90.4 Å². The minimum atomic E-state index is 0.0918. The van der Waals surface area contributed by atoms with Gasteiger partial charge in [0.2, 0.25) is 5.88 Å². The van der Waals surface area contributed by atoms with E-state index in [2.05, 4.69) is 81.5 Å². The summed E-state index contributed by atoms with van der Waals surface area (Å²) >= 11 is 0. The Kier molecular flexibility index (Phi) is 11.0. The number of methoxy groups -OCH3 is 2. The average Bonchev–Trinajstić information content (AvgIpc) is 3.44. The normalized spacial score (nSPS) is 11.1. The van der Waals surface area contributed by atoms with Gasteiger partial charge in [0.05, 0.1) is 32.3 Å². The van der Waals surface area contributed by atoms with Crippen molar-refractivity contribution in [2.75, 3.05) is 14.2 Å². The molecule has 0 amide bonds. The van der Waals surface area contributed by atoms with Crippen LogP contribution in [-0.2, 0) is 10.8 Å². The molecule has 0 aliphatic rings. The second-order valence-corrected chi connectivity index (χ2v) is 11.3. The maximum absolute atomic E-state index is 5.09. The summed E-state index contributed by atoms with van der Waals surface area (Å²) in [5.41, 5.74) is 4.73. The molecule has 7 nitrogen and oxygen atoms in total. The van der Waals surface area contributed by atoms with Gasteiger partial charge in [0.25, 0.3) is 0 Å². The predicted molar refractivity (Wildman–Crippen MR) is 154 cm³/mol. The molecule has 0 atom stereocenters. The number of pyridine rings is 3. The monoisotopic (exact) mass is 517 g/mol. The van der Waals surface area contributed by atoms with Gasteiger partial charge in [0.15, 0.2) is 0 Å². The van der Waals surface area contributed by atoms with Crippen molar-refractivity contribution in [2.24, 2.45) is 0 Å². The van der Waals surface area contributed by atoms with Gasteiger partial charge in [-0.1, -0.05) is 61.5 Å². The van der Waals surface area contributed by atoms with E-state index in [4.69, 9.17) is 9.47 Å². The first-order chi connectivity index (χ1) is 17.8. The Balaban J connectivity index is 0.000000201. The van der Waals surface area contributed by atoms with Crippen molar-refractivity contribution in [3.8, 4) is 17.3 Å². The number of ether oxygens (including phenoxy) is 2. The fourth-order valence-electron chi connectivity index (χ4n) is 3.19. The van der Waals surface area contributed by atoms with E-state index in [-0.39, 0.29) is 10.8 Å². The number of rotatable bonds is 4. The molecular weight excluding hydrogens is 474 g/mol. The number of hydrogen-bond donors (Lipinski definition) is 0. The Labute approximate surface area is 228 Å². The summed E-state index contributed by atoms with van der Waals surface area (Å²) in [4.78, 5) is 12.6. The quantitative estimate of drug-likeness (QED) is 0.286. The highest BCUT2D eigenvalue weighted by atomic mass is 16.5. The van der Waals surface area contributed by atoms with Crippen LogP contribution in [0.25, 0.3) is 5.69 Å². The second-order valence-electron chi connectivity index (χ2n) is 11.3. The van der Waals surface area contributed by atoms with Crippen molar-refractivity contribution in [1.82, 2.24) is 24.7 Å². The summed E-state index contributed by atoms with van der Waals surface area (Å²) in [7, 11) is 3.29. The lowest BCUT2D eigenvalue weighted by Gasteiger charge is -2.18. The van der Waals surface area contributed by atoms with E-state index >= 15 is 0 Å². The van der Waals surface area contributed by atoms with Crippen LogP contribution in [-0.4, -0.2) is 39.0 Å². The predicted octanol–water partition coefficient (Wildman–Crippen LogP) is 7.17. The Morgan fingerprint density at radius 1 is 0.789 bits per heavy atom. The van der Waals surface area contributed by atoms with Crippen molar-refractivity contribution in [2.45, 2.75) is 72.1 Å². The molecule has 4 heterocycles. The van der Waals surface area contributed by atoms with Crippen molar-refractivity contribution >= 4 is 0 Å². The minimum absolute atomic E-state index is 0.0918. The highest BCUT2D eigenvalue weighted by Gasteiger charge is 2.15. The van der Waals surface area contributed by atoms with Crippen LogP contribution in [0.3, 0.4) is 0 Å². The van der Waals surface area contributed by atoms with Gasteiger partial charge < -0.3 is 9.47 Å². The summed E-state index contributed by atoms with van der Waals surface area (Å²) in [6.07, 6.45) is 11.0. The molecule has 4 rings (SSSR count). The maximum atomic E-state index is 5.09. The van der Waals surface area contributed by atoms with E-state index in [0.717, 1.165) is 17.1 Å². The van der Waals surface area contributed by atoms with E-state index in [1.807, 2.05) is 59.8 Å². The lowest BCUT2D eigenvalue weighted by molar-refractivity contribution is 0.392. The third-order valence-electron chi connectivity index (χ3n) is 5.70. The van der Waals surface area contributed by atoms with Crippen LogP contribution in [0.2, 0.25) is 0 Å². The highest BCUT2D eigenvalue weighted by Crippen LogP contribution is 2.24. The SMILES string of the molecule is CC(C)c1cncc(-n2cccn2)c1.COc1cccc(C(C)(C)C)n1.COc1cncc(C(C)(C)C)c1. The third-order valence-corrected chi connectivity index (χ3v) is 5.70. The molecule has 0 radical (unpaired) electrons. The van der Waals surface area contributed by atoms with E-state index in [1.165, 1.54) is 11.1 Å². The molecule has 7 heteroatoms. The van der Waals surface area contributed by atoms with Crippen LogP contribution in [0.5, 0.6) is 11.6 Å². The molecule has 4 aromatic rings. The minimum Gasteiger partial charge on any atom is -0.495 e. The van der Waals surface area contributed by atoms with Gasteiger partial charge in [-0.05, 0) is 46.7 Å². The first-order valence-corrected chi connectivity index (χ1v) is 12.8. The molecule has 0 fully saturated rings. The molecule has 0 aliphatic carbocycles. The van der Waals surface area contributed by atoms with Crippen molar-refractivity contribution in [3.63, 3.8) is 0 Å². The van der Waals surface area contributed by atoms with Crippen LogP contribution in [0.15, 0.2) is 73.6 Å². The summed E-state index contributed by atoms with van der Waals surface area (Å²) in [5, 5.41) is 4.16. The van der Waals surface area contributed by atoms with Gasteiger partial charge in [-0.15, -0.1) is 0 Å². The molecule has 4 aromatic heterocycles. The number of aromatic nitrogens is 5. The molecule has 204 valence electrons. The number of hydrogen-bond acceptors (Lipinski definition) is 6. The largest absolute Gasteiger partial charge is 0.495 e. The Bertz CT molecular complexity index is 1180. The first-order valence-electron chi connectivity index (χ1n) is 12.8. The Hall–Kier alpha value is -3.74. The molecular formula is C31H43N5O2. The summed E-state index contributed by atoms with van der Waals surface area (Å²) < 4.78 is 11.9. The molecule has 0 aliphatic heterocycles. The van der Waals surface area contributed by atoms with E-state index < -0.39 is 0 Å². The molecule has 38 heavy (non-hydrogen) atoms. The standard InChI is InChI=1S/C11H13N3.2C10H15NO/c1-9(2)10-6-11(8-12-7-10)14-5-3-4-13-14;1-10(2,3)8-5-9(12-4)7-11-6-8;1-10(2,3)8-6-5-7-9(11-8)12-4/h3-9H,1-2H3;2*5-7H,1-4H3. The zero-order chi connectivity index (χ0) is 28.3. The van der Waals surface area contributed by atoms with Crippen molar-refractivity contribution in [1.29, 1.82) is 0 Å². The fourth-order valence-corrected chi connectivity index (χ4v) is 3.19. The average molecular weight is 518 g/mol. The van der Waals surface area contributed by atoms with Crippen molar-refractivity contribution < 1.29 is 9.47 Å². The molecule has 0 saturated heterocycles. The molecule has 0 N–H and O–H groups in total. The van der Waals surface area contributed by atoms with Crippen LogP contribution in [0.1, 0.15) is 78.1 Å². The summed E-state index contributed by atoms with van der Waals surface area (Å²) in [6.45, 7) is 17.2. The van der Waals surface area contributed by atoms with Crippen LogP contribution >= 0.6 is 0 Å². The van der Waals surface area contributed by atoms with Gasteiger partial charge in [0, 0.05) is 42.0 Å². The second kappa shape index (κ2) is 13.7. The molecule has 0 aromatic carbocycles. The van der Waals surface area contributed by atoms with Crippen LogP contribution < -0.4 is 9.47 Å². The summed E-state index contributed by atoms with van der Waals surface area (Å²) in [6, 6.07) is 11.9. The zero-order valence-corrected chi connectivity index (χ0v) is 24.6. The smallest absolute Gasteiger partial charge is 0.213 e. The van der Waals surface area contributed by atoms with E-state index in [9.17, 15) is 0 Å². The van der Waals surface area contributed by atoms with E-state index in [0.29, 0.717) is 11.8 Å². The molecule has 0 unspecified atom stereocenters. The lowest BCUT2D eigenvalue weighted by atomic mass is 9.88. The topological polar surface area (TPSA) is 75.0 Å². The van der Waals surface area contributed by atoms with Gasteiger partial charge in [0.1, 0.15) is 5.75 Å². The van der Waals surface area contributed by atoms with Gasteiger partial charge in [-0.25, -0.2) is 9.67 Å². The molecule has 0 saturated carbocycles. The summed E-state index contributed by atoms with van der Waals surface area (Å²) in [5.74, 6) is 2.00. The van der Waals surface area contributed by atoms with Gasteiger partial charge in [-0.3, -0.25) is 9.97 Å². The Morgan fingerprint density at radius 2 is 1.50 bits per heavy atom. The van der Waals surface area contributed by atoms with Gasteiger partial charge >= 0.3 is 0 Å². The highest BCUT2D eigenvalue weighted by molar-refractivity contribution is 5.32. The Morgan fingerprint density at radius 3 is 2.05 bits per heavy atom. The fraction of sp³-hybridized carbons (Fsp3) is 0.419.